The third kappa shape index (κ3) is 4.07. The van der Waals surface area contributed by atoms with Gasteiger partial charge in [-0.3, -0.25) is 9.59 Å². The summed E-state index contributed by atoms with van der Waals surface area (Å²) in [4.78, 5) is 26.6. The van der Waals surface area contributed by atoms with Crippen LogP contribution in [0.25, 0.3) is 0 Å². The molecular weight excluding hydrogens is 338 g/mol. The van der Waals surface area contributed by atoms with E-state index in [1.165, 1.54) is 6.07 Å². The second-order valence-electron chi connectivity index (χ2n) is 6.51. The lowest BCUT2D eigenvalue weighted by Gasteiger charge is -2.32. The number of piperidine rings is 1. The third-order valence-electron chi connectivity index (χ3n) is 4.47. The highest BCUT2D eigenvalue weighted by atomic mass is 19.2. The normalized spacial score (nSPS) is 17.3. The van der Waals surface area contributed by atoms with Crippen molar-refractivity contribution in [2.45, 2.75) is 32.2 Å². The van der Waals surface area contributed by atoms with Crippen molar-refractivity contribution in [1.82, 2.24) is 5.32 Å². The van der Waals surface area contributed by atoms with Crippen molar-refractivity contribution in [3.63, 3.8) is 0 Å². The summed E-state index contributed by atoms with van der Waals surface area (Å²) in [5.74, 6) is -2.49. The molecule has 1 aliphatic heterocycles. The van der Waals surface area contributed by atoms with E-state index in [0.29, 0.717) is 18.5 Å². The van der Waals surface area contributed by atoms with Gasteiger partial charge in [-0.25, -0.2) is 8.78 Å². The quantitative estimate of drug-likeness (QED) is 0.913. The Labute approximate surface area is 150 Å². The van der Waals surface area contributed by atoms with Crippen molar-refractivity contribution >= 4 is 17.5 Å². The summed E-state index contributed by atoms with van der Waals surface area (Å²) in [5.41, 5.74) is 2.27. The van der Waals surface area contributed by atoms with Crippen LogP contribution in [0.5, 0.6) is 0 Å². The fraction of sp³-hybridized carbons (Fsp3) is 0.300. The van der Waals surface area contributed by atoms with Crippen LogP contribution in [0.3, 0.4) is 0 Å². The van der Waals surface area contributed by atoms with Crippen LogP contribution in [0.15, 0.2) is 42.5 Å². The van der Waals surface area contributed by atoms with Gasteiger partial charge in [-0.2, -0.15) is 0 Å². The molecule has 4 nitrogen and oxygen atoms in total. The van der Waals surface area contributed by atoms with Crippen LogP contribution in [-0.2, 0) is 16.0 Å². The average Bonchev–Trinajstić information content (AvgIpc) is 2.61. The van der Waals surface area contributed by atoms with Crippen LogP contribution >= 0.6 is 0 Å². The molecule has 136 valence electrons. The van der Waals surface area contributed by atoms with Gasteiger partial charge in [0, 0.05) is 12.2 Å². The Bertz CT molecular complexity index is 821. The zero-order valence-electron chi connectivity index (χ0n) is 14.5. The van der Waals surface area contributed by atoms with Crippen LogP contribution in [0.2, 0.25) is 0 Å². The highest BCUT2D eigenvalue weighted by Crippen LogP contribution is 2.21. The molecule has 2 amide bonds. The lowest BCUT2D eigenvalue weighted by molar-refractivity contribution is -0.128. The van der Waals surface area contributed by atoms with E-state index in [1.54, 1.807) is 4.90 Å². The van der Waals surface area contributed by atoms with E-state index in [-0.39, 0.29) is 18.2 Å². The standard InChI is InChI=1S/C20H20F2N2O2/c1-13-4-7-15(8-5-13)24-10-2-3-18(20(24)26)23-19(25)12-14-6-9-16(21)17(22)11-14/h4-9,11,18H,2-3,10,12H2,1H3,(H,23,25)/t18-/m0/s1. The highest BCUT2D eigenvalue weighted by Gasteiger charge is 2.30. The lowest BCUT2D eigenvalue weighted by Crippen LogP contribution is -2.52. The molecule has 2 aromatic rings. The molecule has 0 saturated carbocycles. The average molecular weight is 358 g/mol. The predicted octanol–water partition coefficient (Wildman–Crippen LogP) is 3.13. The molecule has 1 saturated heterocycles. The molecule has 3 rings (SSSR count). The van der Waals surface area contributed by atoms with Crippen molar-refractivity contribution < 1.29 is 18.4 Å². The van der Waals surface area contributed by atoms with E-state index in [2.05, 4.69) is 5.32 Å². The fourth-order valence-electron chi connectivity index (χ4n) is 3.07. The number of aryl methyl sites for hydroxylation is 1. The molecule has 1 heterocycles. The minimum Gasteiger partial charge on any atom is -0.344 e. The van der Waals surface area contributed by atoms with Crippen molar-refractivity contribution in [2.75, 3.05) is 11.4 Å². The summed E-state index contributed by atoms with van der Waals surface area (Å²) in [5, 5.41) is 2.72. The van der Waals surface area contributed by atoms with Crippen molar-refractivity contribution in [3.8, 4) is 0 Å². The lowest BCUT2D eigenvalue weighted by atomic mass is 10.0. The number of rotatable bonds is 4. The molecule has 1 aliphatic rings. The van der Waals surface area contributed by atoms with Gasteiger partial charge in [0.2, 0.25) is 11.8 Å². The molecule has 1 fully saturated rings. The van der Waals surface area contributed by atoms with Gasteiger partial charge in [-0.05, 0) is 49.6 Å². The van der Waals surface area contributed by atoms with Crippen LogP contribution in [0.4, 0.5) is 14.5 Å². The molecule has 1 atom stereocenters. The third-order valence-corrected chi connectivity index (χ3v) is 4.47. The number of carbonyl (C=O) groups excluding carboxylic acids is 2. The molecule has 0 aliphatic carbocycles. The minimum absolute atomic E-state index is 0.106. The number of carbonyl (C=O) groups is 2. The van der Waals surface area contributed by atoms with Gasteiger partial charge in [0.15, 0.2) is 11.6 Å². The molecule has 0 bridgehead atoms. The zero-order valence-corrected chi connectivity index (χ0v) is 14.5. The van der Waals surface area contributed by atoms with E-state index in [4.69, 9.17) is 0 Å². The molecule has 6 heteroatoms. The number of halogens is 2. The summed E-state index contributed by atoms with van der Waals surface area (Å²) >= 11 is 0. The van der Waals surface area contributed by atoms with Crippen molar-refractivity contribution in [3.05, 3.63) is 65.2 Å². The molecule has 2 aromatic carbocycles. The summed E-state index contributed by atoms with van der Waals surface area (Å²) in [7, 11) is 0. The maximum atomic E-state index is 13.3. The largest absolute Gasteiger partial charge is 0.344 e. The zero-order chi connectivity index (χ0) is 18.7. The highest BCUT2D eigenvalue weighted by molar-refractivity contribution is 6.00. The first-order chi connectivity index (χ1) is 12.4. The van der Waals surface area contributed by atoms with Crippen LogP contribution in [0.1, 0.15) is 24.0 Å². The van der Waals surface area contributed by atoms with Crippen molar-refractivity contribution in [1.29, 1.82) is 0 Å². The van der Waals surface area contributed by atoms with Gasteiger partial charge < -0.3 is 10.2 Å². The number of benzene rings is 2. The summed E-state index contributed by atoms with van der Waals surface area (Å²) < 4.78 is 26.2. The first-order valence-electron chi connectivity index (χ1n) is 8.55. The number of hydrogen-bond donors (Lipinski definition) is 1. The Kier molecular flexibility index (Phi) is 5.30. The van der Waals surface area contributed by atoms with E-state index < -0.39 is 17.7 Å². The number of amides is 2. The first kappa shape index (κ1) is 18.0. The predicted molar refractivity (Wildman–Crippen MR) is 94.8 cm³/mol. The summed E-state index contributed by atoms with van der Waals surface area (Å²) in [6.45, 7) is 2.58. The molecule has 0 spiro atoms. The second-order valence-corrected chi connectivity index (χ2v) is 6.51. The van der Waals surface area contributed by atoms with E-state index in [1.807, 2.05) is 31.2 Å². The SMILES string of the molecule is Cc1ccc(N2CCC[C@H](NC(=O)Cc3ccc(F)c(F)c3)C2=O)cc1. The number of nitrogens with one attached hydrogen (secondary N) is 1. The smallest absolute Gasteiger partial charge is 0.249 e. The Morgan fingerprint density at radius 1 is 1.15 bits per heavy atom. The van der Waals surface area contributed by atoms with Gasteiger partial charge in [-0.15, -0.1) is 0 Å². The Morgan fingerprint density at radius 3 is 2.58 bits per heavy atom. The van der Waals surface area contributed by atoms with Crippen LogP contribution in [-0.4, -0.2) is 24.4 Å². The molecule has 0 radical (unpaired) electrons. The van der Waals surface area contributed by atoms with E-state index >= 15 is 0 Å². The molecule has 0 unspecified atom stereocenters. The van der Waals surface area contributed by atoms with E-state index in [9.17, 15) is 18.4 Å². The fourth-order valence-corrected chi connectivity index (χ4v) is 3.07. The molecule has 1 N–H and O–H groups in total. The Hall–Kier alpha value is -2.76. The number of hydrogen-bond acceptors (Lipinski definition) is 2. The van der Waals surface area contributed by atoms with Gasteiger partial charge >= 0.3 is 0 Å². The van der Waals surface area contributed by atoms with E-state index in [0.717, 1.165) is 29.8 Å². The topological polar surface area (TPSA) is 49.4 Å². The maximum Gasteiger partial charge on any atom is 0.249 e. The Balaban J connectivity index is 1.65. The van der Waals surface area contributed by atoms with Gasteiger partial charge in [0.25, 0.3) is 0 Å². The molecular formula is C20H20F2N2O2. The van der Waals surface area contributed by atoms with Gasteiger partial charge in [-0.1, -0.05) is 23.8 Å². The minimum atomic E-state index is -0.991. The number of nitrogens with zero attached hydrogens (tertiary/aromatic N) is 1. The number of anilines is 1. The maximum absolute atomic E-state index is 13.3. The van der Waals surface area contributed by atoms with Crippen LogP contribution < -0.4 is 10.2 Å². The second kappa shape index (κ2) is 7.64. The van der Waals surface area contributed by atoms with Crippen LogP contribution in [0, 0.1) is 18.6 Å². The van der Waals surface area contributed by atoms with Crippen molar-refractivity contribution in [2.24, 2.45) is 0 Å². The summed E-state index contributed by atoms with van der Waals surface area (Å²) in [6, 6.07) is 10.4. The molecule has 0 aromatic heterocycles. The Morgan fingerprint density at radius 2 is 1.88 bits per heavy atom. The first-order valence-corrected chi connectivity index (χ1v) is 8.55. The monoisotopic (exact) mass is 358 g/mol. The van der Waals surface area contributed by atoms with Gasteiger partial charge in [0.05, 0.1) is 6.42 Å². The van der Waals surface area contributed by atoms with Gasteiger partial charge in [0.1, 0.15) is 6.04 Å². The molecule has 26 heavy (non-hydrogen) atoms. The summed E-state index contributed by atoms with van der Waals surface area (Å²) in [6.07, 6.45) is 1.23.